The molecule has 1 heterocycles. The molecule has 112 valence electrons. The lowest BCUT2D eigenvalue weighted by Crippen LogP contribution is -2.51. The largest absolute Gasteiger partial charge is 0.326 e. The van der Waals surface area contributed by atoms with E-state index in [9.17, 15) is 12.8 Å². The topological polar surface area (TPSA) is 63.4 Å². The van der Waals surface area contributed by atoms with E-state index in [1.165, 1.54) is 16.4 Å². The molecule has 0 spiro atoms. The molecule has 2 N–H and O–H groups in total. The molecule has 4 nitrogen and oxygen atoms in total. The maximum atomic E-state index is 14.0. The molecule has 0 aromatic heterocycles. The number of nitrogens with two attached hydrogens (primary N) is 1. The van der Waals surface area contributed by atoms with Crippen LogP contribution in [-0.2, 0) is 10.0 Å². The van der Waals surface area contributed by atoms with Crippen molar-refractivity contribution < 1.29 is 12.8 Å². The molecule has 0 unspecified atom stereocenters. The summed E-state index contributed by atoms with van der Waals surface area (Å²) in [6, 6.07) is 3.68. The third-order valence-electron chi connectivity index (χ3n) is 3.78. The molecule has 0 bridgehead atoms. The van der Waals surface area contributed by atoms with E-state index in [1.54, 1.807) is 19.9 Å². The predicted molar refractivity (Wildman–Crippen MR) is 76.3 cm³/mol. The van der Waals surface area contributed by atoms with Crippen molar-refractivity contribution in [2.75, 3.05) is 6.54 Å². The van der Waals surface area contributed by atoms with Crippen molar-refractivity contribution >= 4 is 10.0 Å². The molecule has 1 aliphatic rings. The van der Waals surface area contributed by atoms with Crippen molar-refractivity contribution in [3.8, 4) is 0 Å². The van der Waals surface area contributed by atoms with Gasteiger partial charge in [-0.25, -0.2) is 12.8 Å². The molecular weight excluding hydrogens is 279 g/mol. The fraction of sp³-hybridized carbons (Fsp3) is 0.571. The van der Waals surface area contributed by atoms with E-state index in [1.807, 2.05) is 0 Å². The maximum absolute atomic E-state index is 14.0. The lowest BCUT2D eigenvalue weighted by Gasteiger charge is -2.36. The normalized spacial score (nSPS) is 22.7. The number of halogens is 1. The van der Waals surface area contributed by atoms with Gasteiger partial charge in [0.1, 0.15) is 10.7 Å². The average molecular weight is 300 g/mol. The number of aryl methyl sites for hydroxylation is 1. The molecule has 1 aliphatic heterocycles. The van der Waals surface area contributed by atoms with Gasteiger partial charge >= 0.3 is 0 Å². The molecule has 1 aromatic rings. The van der Waals surface area contributed by atoms with Gasteiger partial charge in [0.05, 0.1) is 0 Å². The minimum atomic E-state index is -3.83. The molecule has 0 saturated carbocycles. The number of piperidine rings is 1. The van der Waals surface area contributed by atoms with E-state index in [-0.39, 0.29) is 17.0 Å². The van der Waals surface area contributed by atoms with Crippen molar-refractivity contribution in [3.63, 3.8) is 0 Å². The standard InChI is InChI=1S/C14H21FN2O2S/c1-10-6-7-14(12(15)9-10)20(18,19)17-8-4-3-5-13(17)11(2)16/h6-7,9,11,13H,3-5,8,16H2,1-2H3/t11-,13+/m1/s1. The molecule has 20 heavy (non-hydrogen) atoms. The lowest BCUT2D eigenvalue weighted by atomic mass is 10.00. The molecule has 1 aromatic carbocycles. The molecule has 1 fully saturated rings. The third-order valence-corrected chi connectivity index (χ3v) is 5.74. The van der Waals surface area contributed by atoms with E-state index in [4.69, 9.17) is 5.73 Å². The Labute approximate surface area is 119 Å². The highest BCUT2D eigenvalue weighted by Gasteiger charge is 2.36. The first-order valence-electron chi connectivity index (χ1n) is 6.87. The SMILES string of the molecule is Cc1ccc(S(=O)(=O)N2CCCC[C@H]2[C@@H](C)N)c(F)c1. The quantitative estimate of drug-likeness (QED) is 0.929. The van der Waals surface area contributed by atoms with Gasteiger partial charge in [-0.2, -0.15) is 4.31 Å². The molecule has 0 radical (unpaired) electrons. The zero-order valence-electron chi connectivity index (χ0n) is 11.8. The summed E-state index contributed by atoms with van der Waals surface area (Å²) in [6.07, 6.45) is 2.47. The van der Waals surface area contributed by atoms with Gasteiger partial charge in [-0.15, -0.1) is 0 Å². The Kier molecular flexibility index (Phi) is 4.46. The minimum absolute atomic E-state index is 0.254. The zero-order valence-corrected chi connectivity index (χ0v) is 12.7. The Morgan fingerprint density at radius 1 is 1.40 bits per heavy atom. The van der Waals surface area contributed by atoms with E-state index in [0.29, 0.717) is 12.1 Å². The number of nitrogens with zero attached hydrogens (tertiary/aromatic N) is 1. The summed E-state index contributed by atoms with van der Waals surface area (Å²) in [5, 5.41) is 0. The summed E-state index contributed by atoms with van der Waals surface area (Å²) >= 11 is 0. The fourth-order valence-electron chi connectivity index (χ4n) is 2.70. The van der Waals surface area contributed by atoms with Gasteiger partial charge in [-0.05, 0) is 44.4 Å². The maximum Gasteiger partial charge on any atom is 0.246 e. The number of hydrogen-bond donors (Lipinski definition) is 1. The molecule has 0 amide bonds. The van der Waals surface area contributed by atoms with Crippen molar-refractivity contribution in [1.82, 2.24) is 4.31 Å². The van der Waals surface area contributed by atoms with Crippen molar-refractivity contribution in [1.29, 1.82) is 0 Å². The van der Waals surface area contributed by atoms with E-state index >= 15 is 0 Å². The summed E-state index contributed by atoms with van der Waals surface area (Å²) in [5.41, 5.74) is 6.59. The molecule has 1 saturated heterocycles. The highest BCUT2D eigenvalue weighted by molar-refractivity contribution is 7.89. The van der Waals surface area contributed by atoms with E-state index < -0.39 is 15.8 Å². The van der Waals surface area contributed by atoms with E-state index in [2.05, 4.69) is 0 Å². The van der Waals surface area contributed by atoms with Gasteiger partial charge < -0.3 is 5.73 Å². The lowest BCUT2D eigenvalue weighted by molar-refractivity contribution is 0.226. The second-order valence-electron chi connectivity index (χ2n) is 5.47. The van der Waals surface area contributed by atoms with Crippen LogP contribution < -0.4 is 5.73 Å². The Hall–Kier alpha value is -0.980. The molecule has 0 aliphatic carbocycles. The van der Waals surface area contributed by atoms with Gasteiger partial charge in [0.2, 0.25) is 10.0 Å². The van der Waals surface area contributed by atoms with Crippen molar-refractivity contribution in [3.05, 3.63) is 29.6 Å². The van der Waals surface area contributed by atoms with Crippen LogP contribution in [0.4, 0.5) is 4.39 Å². The van der Waals surface area contributed by atoms with Gasteiger partial charge in [-0.1, -0.05) is 12.5 Å². The molecular formula is C14H21FN2O2S. The Morgan fingerprint density at radius 2 is 2.10 bits per heavy atom. The third kappa shape index (κ3) is 2.87. The number of rotatable bonds is 3. The van der Waals surface area contributed by atoms with Gasteiger partial charge in [0.25, 0.3) is 0 Å². The minimum Gasteiger partial charge on any atom is -0.326 e. The average Bonchev–Trinajstić information content (AvgIpc) is 2.38. The van der Waals surface area contributed by atoms with Gasteiger partial charge in [-0.3, -0.25) is 0 Å². The first-order valence-corrected chi connectivity index (χ1v) is 8.31. The summed E-state index contributed by atoms with van der Waals surface area (Å²) in [7, 11) is -3.83. The van der Waals surface area contributed by atoms with Crippen LogP contribution >= 0.6 is 0 Å². The highest BCUT2D eigenvalue weighted by atomic mass is 32.2. The Balaban J connectivity index is 2.42. The van der Waals surface area contributed by atoms with Crippen LogP contribution in [0.3, 0.4) is 0 Å². The van der Waals surface area contributed by atoms with E-state index in [0.717, 1.165) is 19.3 Å². The number of hydrogen-bond acceptors (Lipinski definition) is 3. The van der Waals surface area contributed by atoms with Crippen molar-refractivity contribution in [2.45, 2.75) is 50.1 Å². The number of benzene rings is 1. The van der Waals surface area contributed by atoms with Gasteiger partial charge in [0, 0.05) is 18.6 Å². The van der Waals surface area contributed by atoms with Crippen LogP contribution in [0.5, 0.6) is 0 Å². The Morgan fingerprint density at radius 3 is 2.70 bits per heavy atom. The van der Waals surface area contributed by atoms with Crippen LogP contribution in [0.2, 0.25) is 0 Å². The second-order valence-corrected chi connectivity index (χ2v) is 7.33. The van der Waals surface area contributed by atoms with Crippen LogP contribution in [0, 0.1) is 12.7 Å². The number of sulfonamides is 1. The zero-order chi connectivity index (χ0) is 14.9. The first kappa shape index (κ1) is 15.4. The van der Waals surface area contributed by atoms with Crippen LogP contribution in [0.25, 0.3) is 0 Å². The van der Waals surface area contributed by atoms with Crippen molar-refractivity contribution in [2.24, 2.45) is 5.73 Å². The second kappa shape index (κ2) is 5.79. The Bertz CT molecular complexity index is 587. The predicted octanol–water partition coefficient (Wildman–Crippen LogP) is 2.02. The summed E-state index contributed by atoms with van der Waals surface area (Å²) < 4.78 is 40.7. The van der Waals surface area contributed by atoms with Crippen LogP contribution in [0.1, 0.15) is 31.7 Å². The van der Waals surface area contributed by atoms with Gasteiger partial charge in [0.15, 0.2) is 0 Å². The summed E-state index contributed by atoms with van der Waals surface area (Å²) in [6.45, 7) is 3.93. The molecule has 6 heteroatoms. The summed E-state index contributed by atoms with van der Waals surface area (Å²) in [5.74, 6) is -0.695. The first-order chi connectivity index (χ1) is 9.34. The summed E-state index contributed by atoms with van der Waals surface area (Å²) in [4.78, 5) is -0.254. The van der Waals surface area contributed by atoms with Crippen LogP contribution in [0.15, 0.2) is 23.1 Å². The monoisotopic (exact) mass is 300 g/mol. The smallest absolute Gasteiger partial charge is 0.246 e. The highest BCUT2D eigenvalue weighted by Crippen LogP contribution is 2.28. The molecule has 2 atom stereocenters. The fourth-order valence-corrected chi connectivity index (χ4v) is 4.52. The van der Waals surface area contributed by atoms with Crippen LogP contribution in [-0.4, -0.2) is 31.4 Å². The molecule has 2 rings (SSSR count).